The standard InChI is InChI=1S/C17H14F2N6S/c1-11(15-20-13-9-5-6-10-14(13)24(15)16(18)19)26-17-21-22-23-25(17)12-7-3-2-4-8-12/h2-11,16H,1H3. The van der Waals surface area contributed by atoms with Gasteiger partial charge in [0.25, 0.3) is 0 Å². The van der Waals surface area contributed by atoms with Crippen molar-refractivity contribution in [2.24, 2.45) is 0 Å². The SMILES string of the molecule is CC(Sc1nnnn1-c1ccccc1)c1nc2ccccc2n1C(F)F. The van der Waals surface area contributed by atoms with Gasteiger partial charge in [0, 0.05) is 0 Å². The molecule has 0 amide bonds. The Morgan fingerprint density at radius 2 is 1.73 bits per heavy atom. The van der Waals surface area contributed by atoms with Gasteiger partial charge in [-0.15, -0.1) is 5.10 Å². The molecule has 0 radical (unpaired) electrons. The largest absolute Gasteiger partial charge is 0.320 e. The number of thioether (sulfide) groups is 1. The topological polar surface area (TPSA) is 61.4 Å². The summed E-state index contributed by atoms with van der Waals surface area (Å²) in [7, 11) is 0. The lowest BCUT2D eigenvalue weighted by atomic mass is 10.3. The Morgan fingerprint density at radius 3 is 2.50 bits per heavy atom. The smallest absolute Gasteiger partial charge is 0.269 e. The van der Waals surface area contributed by atoms with Crippen molar-refractivity contribution in [1.82, 2.24) is 29.8 Å². The zero-order chi connectivity index (χ0) is 18.1. The van der Waals surface area contributed by atoms with Crippen molar-refractivity contribution in [3.8, 4) is 5.69 Å². The first-order chi connectivity index (χ1) is 12.6. The molecule has 0 aliphatic rings. The minimum atomic E-state index is -2.68. The van der Waals surface area contributed by atoms with E-state index in [9.17, 15) is 8.78 Å². The van der Waals surface area contributed by atoms with Crippen molar-refractivity contribution in [3.63, 3.8) is 0 Å². The minimum absolute atomic E-state index is 0.286. The lowest BCUT2D eigenvalue weighted by molar-refractivity contribution is 0.0715. The number of para-hydroxylation sites is 3. The van der Waals surface area contributed by atoms with Gasteiger partial charge in [-0.25, -0.2) is 4.98 Å². The van der Waals surface area contributed by atoms with Gasteiger partial charge in [0.15, 0.2) is 0 Å². The summed E-state index contributed by atoms with van der Waals surface area (Å²) >= 11 is 1.28. The maximum absolute atomic E-state index is 13.6. The number of nitrogens with zero attached hydrogens (tertiary/aromatic N) is 6. The molecule has 2 aromatic heterocycles. The zero-order valence-corrected chi connectivity index (χ0v) is 14.5. The van der Waals surface area contributed by atoms with E-state index in [2.05, 4.69) is 20.5 Å². The third kappa shape index (κ3) is 2.94. The second-order valence-corrected chi connectivity index (χ2v) is 6.88. The molecule has 1 atom stereocenters. The van der Waals surface area contributed by atoms with Crippen LogP contribution in [0.2, 0.25) is 0 Å². The van der Waals surface area contributed by atoms with Crippen molar-refractivity contribution in [2.75, 3.05) is 0 Å². The average Bonchev–Trinajstić information content (AvgIpc) is 3.26. The second-order valence-electron chi connectivity index (χ2n) is 5.58. The van der Waals surface area contributed by atoms with E-state index in [1.54, 1.807) is 28.9 Å². The van der Waals surface area contributed by atoms with Crippen LogP contribution in [-0.2, 0) is 0 Å². The number of rotatable bonds is 5. The fraction of sp³-hybridized carbons (Fsp3) is 0.176. The summed E-state index contributed by atoms with van der Waals surface area (Å²) in [5.41, 5.74) is 1.75. The van der Waals surface area contributed by atoms with Gasteiger partial charge in [-0.05, 0) is 41.6 Å². The van der Waals surface area contributed by atoms with E-state index in [1.165, 1.54) is 11.8 Å². The highest BCUT2D eigenvalue weighted by Crippen LogP contribution is 2.37. The fourth-order valence-electron chi connectivity index (χ4n) is 2.75. The molecule has 0 spiro atoms. The normalized spacial score (nSPS) is 12.8. The van der Waals surface area contributed by atoms with Crippen LogP contribution in [0.15, 0.2) is 59.8 Å². The molecule has 0 saturated heterocycles. The van der Waals surface area contributed by atoms with E-state index in [0.29, 0.717) is 16.2 Å². The molecule has 1 unspecified atom stereocenters. The quantitative estimate of drug-likeness (QED) is 0.490. The Bertz CT molecular complexity index is 1030. The first-order valence-electron chi connectivity index (χ1n) is 7.90. The van der Waals surface area contributed by atoms with Crippen molar-refractivity contribution in [1.29, 1.82) is 0 Å². The molecule has 26 heavy (non-hydrogen) atoms. The predicted octanol–water partition coefficient (Wildman–Crippen LogP) is 4.26. The summed E-state index contributed by atoms with van der Waals surface area (Å²) < 4.78 is 29.8. The number of fused-ring (bicyclic) bond motifs is 1. The predicted molar refractivity (Wildman–Crippen MR) is 94.4 cm³/mol. The molecule has 2 heterocycles. The molecule has 4 aromatic rings. The first-order valence-corrected chi connectivity index (χ1v) is 8.78. The van der Waals surface area contributed by atoms with Gasteiger partial charge in [0.05, 0.1) is 22.0 Å². The highest BCUT2D eigenvalue weighted by molar-refractivity contribution is 7.99. The van der Waals surface area contributed by atoms with Gasteiger partial charge < -0.3 is 0 Å². The highest BCUT2D eigenvalue weighted by atomic mass is 32.2. The van der Waals surface area contributed by atoms with E-state index < -0.39 is 6.55 Å². The summed E-state index contributed by atoms with van der Waals surface area (Å²) in [6.07, 6.45) is 0. The molecule has 0 aliphatic carbocycles. The Balaban J connectivity index is 1.70. The number of benzene rings is 2. The van der Waals surface area contributed by atoms with Crippen molar-refractivity contribution >= 4 is 22.8 Å². The maximum atomic E-state index is 13.6. The van der Waals surface area contributed by atoms with Crippen molar-refractivity contribution in [3.05, 3.63) is 60.4 Å². The molecule has 0 N–H and O–H groups in total. The lowest BCUT2D eigenvalue weighted by Crippen LogP contribution is -2.07. The highest BCUT2D eigenvalue weighted by Gasteiger charge is 2.24. The van der Waals surface area contributed by atoms with Crippen LogP contribution in [0.1, 0.15) is 24.5 Å². The molecule has 132 valence electrons. The lowest BCUT2D eigenvalue weighted by Gasteiger charge is -2.13. The molecule has 0 saturated carbocycles. The van der Waals surface area contributed by atoms with Crippen LogP contribution in [0.25, 0.3) is 16.7 Å². The number of hydrogen-bond acceptors (Lipinski definition) is 5. The summed E-state index contributed by atoms with van der Waals surface area (Å²) in [6, 6.07) is 16.3. The van der Waals surface area contributed by atoms with E-state index in [4.69, 9.17) is 0 Å². The Labute approximate surface area is 151 Å². The summed E-state index contributed by atoms with van der Waals surface area (Å²) in [5, 5.41) is 11.9. The molecule has 2 aromatic carbocycles. The van der Waals surface area contributed by atoms with Crippen LogP contribution in [0.3, 0.4) is 0 Å². The van der Waals surface area contributed by atoms with E-state index >= 15 is 0 Å². The maximum Gasteiger partial charge on any atom is 0.320 e. The number of aromatic nitrogens is 6. The number of tetrazole rings is 1. The number of imidazole rings is 1. The van der Waals surface area contributed by atoms with E-state index in [0.717, 1.165) is 10.3 Å². The Hall–Kier alpha value is -2.81. The zero-order valence-electron chi connectivity index (χ0n) is 13.7. The fourth-order valence-corrected chi connectivity index (χ4v) is 3.66. The van der Waals surface area contributed by atoms with Crippen LogP contribution < -0.4 is 0 Å². The Morgan fingerprint density at radius 1 is 1.00 bits per heavy atom. The number of hydrogen-bond donors (Lipinski definition) is 0. The summed E-state index contributed by atoms with van der Waals surface area (Å²) in [4.78, 5) is 4.40. The van der Waals surface area contributed by atoms with Crippen LogP contribution in [-0.4, -0.2) is 29.8 Å². The molecule has 6 nitrogen and oxygen atoms in total. The summed E-state index contributed by atoms with van der Waals surface area (Å²) in [6.45, 7) is -0.861. The third-order valence-corrected chi connectivity index (χ3v) is 4.94. The molecule has 9 heteroatoms. The van der Waals surface area contributed by atoms with Gasteiger partial charge >= 0.3 is 6.55 Å². The summed E-state index contributed by atoms with van der Waals surface area (Å²) in [5.74, 6) is 0.286. The second kappa shape index (κ2) is 6.83. The van der Waals surface area contributed by atoms with Gasteiger partial charge in [-0.1, -0.05) is 42.1 Å². The van der Waals surface area contributed by atoms with Gasteiger partial charge in [0.1, 0.15) is 5.82 Å². The Kier molecular flexibility index (Phi) is 4.37. The molecular formula is C17H14F2N6S. The number of alkyl halides is 2. The molecule has 0 aliphatic heterocycles. The molecule has 0 fully saturated rings. The first kappa shape index (κ1) is 16.6. The molecule has 4 rings (SSSR count). The van der Waals surface area contributed by atoms with Crippen molar-refractivity contribution in [2.45, 2.75) is 23.9 Å². The van der Waals surface area contributed by atoms with Crippen LogP contribution in [0, 0.1) is 0 Å². The molecular weight excluding hydrogens is 358 g/mol. The van der Waals surface area contributed by atoms with Crippen LogP contribution in [0.4, 0.5) is 8.78 Å². The monoisotopic (exact) mass is 372 g/mol. The van der Waals surface area contributed by atoms with E-state index in [1.807, 2.05) is 37.3 Å². The number of halogens is 2. The minimum Gasteiger partial charge on any atom is -0.269 e. The average molecular weight is 372 g/mol. The van der Waals surface area contributed by atoms with Crippen LogP contribution in [0.5, 0.6) is 0 Å². The van der Waals surface area contributed by atoms with Gasteiger partial charge in [-0.2, -0.15) is 13.5 Å². The van der Waals surface area contributed by atoms with Gasteiger partial charge in [-0.3, -0.25) is 4.57 Å². The van der Waals surface area contributed by atoms with Crippen LogP contribution >= 0.6 is 11.8 Å². The van der Waals surface area contributed by atoms with E-state index in [-0.39, 0.29) is 11.1 Å². The third-order valence-electron chi connectivity index (χ3n) is 3.91. The molecule has 0 bridgehead atoms. The van der Waals surface area contributed by atoms with Crippen molar-refractivity contribution < 1.29 is 8.78 Å². The van der Waals surface area contributed by atoms with Gasteiger partial charge in [0.2, 0.25) is 5.16 Å².